The summed E-state index contributed by atoms with van der Waals surface area (Å²) in [5.74, 6) is -1.61. The predicted octanol–water partition coefficient (Wildman–Crippen LogP) is 0.461. The highest BCUT2D eigenvalue weighted by Gasteiger charge is 2.22. The van der Waals surface area contributed by atoms with Crippen LogP contribution < -0.4 is 10.6 Å². The van der Waals surface area contributed by atoms with Crippen molar-refractivity contribution in [1.29, 1.82) is 0 Å². The average Bonchev–Trinajstić information content (AvgIpc) is 2.68. The first kappa shape index (κ1) is 16.4. The number of aromatic nitrogens is 1. The maximum atomic E-state index is 11.6. The van der Waals surface area contributed by atoms with Crippen molar-refractivity contribution in [1.82, 2.24) is 10.3 Å². The van der Waals surface area contributed by atoms with Crippen molar-refractivity contribution in [2.45, 2.75) is 19.4 Å². The highest BCUT2D eigenvalue weighted by Crippen LogP contribution is 2.16. The van der Waals surface area contributed by atoms with Crippen LogP contribution in [0.5, 0.6) is 0 Å². The van der Waals surface area contributed by atoms with Crippen molar-refractivity contribution in [3.8, 4) is 0 Å². The lowest BCUT2D eigenvalue weighted by Gasteiger charge is -2.13. The van der Waals surface area contributed by atoms with E-state index in [1.54, 1.807) is 6.20 Å². The van der Waals surface area contributed by atoms with Crippen LogP contribution >= 0.6 is 11.3 Å². The molecular weight excluding hydrogens is 306 g/mol. The number of carbonyl (C=O) groups excluding carboxylic acids is 1. The number of urea groups is 1. The number of anilines is 1. The number of aryl methyl sites for hydroxylation is 1. The first-order valence-corrected chi connectivity index (χ1v) is 8.45. The van der Waals surface area contributed by atoms with E-state index in [9.17, 15) is 18.0 Å². The summed E-state index contributed by atoms with van der Waals surface area (Å²) in [6, 6.07) is -2.01. The van der Waals surface area contributed by atoms with Crippen LogP contribution in [-0.2, 0) is 14.6 Å². The Labute approximate surface area is 120 Å². The topological polar surface area (TPSA) is 125 Å². The van der Waals surface area contributed by atoms with Gasteiger partial charge in [-0.2, -0.15) is 0 Å². The molecule has 0 spiro atoms. The van der Waals surface area contributed by atoms with Crippen molar-refractivity contribution in [3.05, 3.63) is 11.1 Å². The number of hydrogen-bond acceptors (Lipinski definition) is 6. The van der Waals surface area contributed by atoms with E-state index in [0.29, 0.717) is 5.13 Å². The number of hydrogen-bond donors (Lipinski definition) is 3. The molecule has 1 aromatic rings. The third kappa shape index (κ3) is 5.97. The average molecular weight is 321 g/mol. The molecule has 1 rings (SSSR count). The maximum Gasteiger partial charge on any atom is 0.326 e. The fourth-order valence-corrected chi connectivity index (χ4v) is 2.62. The van der Waals surface area contributed by atoms with Crippen LogP contribution in [0.3, 0.4) is 0 Å². The van der Waals surface area contributed by atoms with Gasteiger partial charge in [-0.05, 0) is 13.3 Å². The summed E-state index contributed by atoms with van der Waals surface area (Å²) in [4.78, 5) is 27.3. The molecule has 0 aliphatic heterocycles. The van der Waals surface area contributed by atoms with Crippen molar-refractivity contribution in [2.75, 3.05) is 17.3 Å². The molecule has 2 amide bonds. The lowest BCUT2D eigenvalue weighted by molar-refractivity contribution is -0.139. The Balaban J connectivity index is 2.57. The van der Waals surface area contributed by atoms with Crippen LogP contribution in [0.25, 0.3) is 0 Å². The van der Waals surface area contributed by atoms with E-state index in [-0.39, 0.29) is 12.2 Å². The van der Waals surface area contributed by atoms with Crippen molar-refractivity contribution in [3.63, 3.8) is 0 Å². The molecule has 20 heavy (non-hydrogen) atoms. The van der Waals surface area contributed by atoms with E-state index in [4.69, 9.17) is 5.11 Å². The molecule has 112 valence electrons. The first-order valence-electron chi connectivity index (χ1n) is 5.58. The minimum Gasteiger partial charge on any atom is -0.480 e. The number of amides is 2. The molecular formula is C10H15N3O5S2. The summed E-state index contributed by atoms with van der Waals surface area (Å²) in [5, 5.41) is 13.9. The molecule has 1 heterocycles. The summed E-state index contributed by atoms with van der Waals surface area (Å²) in [7, 11) is -3.29. The lowest BCUT2D eigenvalue weighted by atomic mass is 10.2. The van der Waals surface area contributed by atoms with Crippen LogP contribution in [0.4, 0.5) is 9.93 Å². The Morgan fingerprint density at radius 2 is 2.15 bits per heavy atom. The van der Waals surface area contributed by atoms with Gasteiger partial charge in [0.1, 0.15) is 15.9 Å². The summed E-state index contributed by atoms with van der Waals surface area (Å²) in [6.45, 7) is 1.81. The number of aliphatic carboxylic acids is 1. The fourth-order valence-electron chi connectivity index (χ4n) is 1.29. The molecule has 0 aromatic carbocycles. The van der Waals surface area contributed by atoms with E-state index in [1.165, 1.54) is 11.3 Å². The molecule has 0 fully saturated rings. The summed E-state index contributed by atoms with van der Waals surface area (Å²) in [6.07, 6.45) is 2.38. The van der Waals surface area contributed by atoms with Gasteiger partial charge in [-0.15, -0.1) is 11.3 Å². The van der Waals surface area contributed by atoms with E-state index in [2.05, 4.69) is 15.6 Å². The molecule has 0 aliphatic carbocycles. The molecule has 0 aliphatic rings. The number of nitrogens with one attached hydrogen (secondary N) is 2. The maximum absolute atomic E-state index is 11.6. The molecule has 3 N–H and O–H groups in total. The smallest absolute Gasteiger partial charge is 0.326 e. The second kappa shape index (κ2) is 6.66. The van der Waals surface area contributed by atoms with Crippen LogP contribution in [0, 0.1) is 6.92 Å². The molecule has 1 aromatic heterocycles. The fraction of sp³-hybridized carbons (Fsp3) is 0.500. The van der Waals surface area contributed by atoms with Gasteiger partial charge in [-0.3, -0.25) is 5.32 Å². The van der Waals surface area contributed by atoms with Gasteiger partial charge in [-0.25, -0.2) is 23.0 Å². The molecule has 0 saturated carbocycles. The number of carboxylic acid groups (broad SMARTS) is 1. The molecule has 1 unspecified atom stereocenters. The highest BCUT2D eigenvalue weighted by molar-refractivity contribution is 7.90. The highest BCUT2D eigenvalue weighted by atomic mass is 32.2. The molecule has 0 radical (unpaired) electrons. The van der Waals surface area contributed by atoms with E-state index in [0.717, 1.165) is 11.1 Å². The largest absolute Gasteiger partial charge is 0.480 e. The minimum atomic E-state index is -3.29. The summed E-state index contributed by atoms with van der Waals surface area (Å²) >= 11 is 1.24. The quantitative estimate of drug-likeness (QED) is 0.699. The number of carbonyl (C=O) groups is 2. The second-order valence-electron chi connectivity index (χ2n) is 4.18. The van der Waals surface area contributed by atoms with E-state index >= 15 is 0 Å². The van der Waals surface area contributed by atoms with Crippen molar-refractivity contribution < 1.29 is 23.1 Å². The van der Waals surface area contributed by atoms with Gasteiger partial charge in [0.2, 0.25) is 0 Å². The van der Waals surface area contributed by atoms with Gasteiger partial charge in [0.25, 0.3) is 0 Å². The predicted molar refractivity (Wildman–Crippen MR) is 74.8 cm³/mol. The third-order valence-corrected chi connectivity index (χ3v) is 4.03. The summed E-state index contributed by atoms with van der Waals surface area (Å²) < 4.78 is 22.0. The number of rotatable bonds is 6. The molecule has 0 bridgehead atoms. The SMILES string of the molecule is Cc1cnc(NC(=O)NC(CCS(C)(=O)=O)C(=O)O)s1. The molecule has 10 heteroatoms. The molecule has 1 atom stereocenters. The normalized spacial score (nSPS) is 12.7. The number of nitrogens with zero attached hydrogens (tertiary/aromatic N) is 1. The van der Waals surface area contributed by atoms with Gasteiger partial charge in [0, 0.05) is 17.3 Å². The van der Waals surface area contributed by atoms with Gasteiger partial charge in [0.15, 0.2) is 5.13 Å². The number of carboxylic acids is 1. The first-order chi connectivity index (χ1) is 9.17. The zero-order valence-corrected chi connectivity index (χ0v) is 12.5. The Bertz CT molecular complexity index is 596. The van der Waals surface area contributed by atoms with Gasteiger partial charge >= 0.3 is 12.0 Å². The lowest BCUT2D eigenvalue weighted by Crippen LogP contribution is -2.43. The second-order valence-corrected chi connectivity index (χ2v) is 7.68. The summed E-state index contributed by atoms with van der Waals surface area (Å²) in [5.41, 5.74) is 0. The van der Waals surface area contributed by atoms with Gasteiger partial charge < -0.3 is 10.4 Å². The number of sulfone groups is 1. The van der Waals surface area contributed by atoms with Crippen molar-refractivity contribution in [2.24, 2.45) is 0 Å². The zero-order valence-electron chi connectivity index (χ0n) is 10.9. The number of thiazole rings is 1. The standard InChI is InChI=1S/C10H15N3O5S2/c1-6-5-11-10(19-6)13-9(16)12-7(8(14)15)3-4-20(2,17)18/h5,7H,3-4H2,1-2H3,(H,14,15)(H2,11,12,13,16). The Morgan fingerprint density at radius 1 is 1.50 bits per heavy atom. The van der Waals surface area contributed by atoms with Gasteiger partial charge in [0.05, 0.1) is 5.75 Å². The van der Waals surface area contributed by atoms with Crippen LogP contribution in [0.2, 0.25) is 0 Å². The zero-order chi connectivity index (χ0) is 15.3. The Morgan fingerprint density at radius 3 is 2.60 bits per heavy atom. The van der Waals surface area contributed by atoms with Gasteiger partial charge in [-0.1, -0.05) is 0 Å². The Hall–Kier alpha value is -1.68. The van der Waals surface area contributed by atoms with Crippen LogP contribution in [-0.4, -0.2) is 48.6 Å². The van der Waals surface area contributed by atoms with Crippen molar-refractivity contribution >= 4 is 38.3 Å². The van der Waals surface area contributed by atoms with E-state index in [1.807, 2.05) is 6.92 Å². The van der Waals surface area contributed by atoms with Crippen LogP contribution in [0.1, 0.15) is 11.3 Å². The molecule has 8 nitrogen and oxygen atoms in total. The van der Waals surface area contributed by atoms with Crippen LogP contribution in [0.15, 0.2) is 6.20 Å². The minimum absolute atomic E-state index is 0.196. The molecule has 0 saturated heterocycles. The third-order valence-electron chi connectivity index (χ3n) is 2.22. The Kier molecular flexibility index (Phi) is 5.45. The van der Waals surface area contributed by atoms with E-state index < -0.39 is 27.9 Å². The monoisotopic (exact) mass is 321 g/mol.